The van der Waals surface area contributed by atoms with Gasteiger partial charge >= 0.3 is 0 Å². The molecule has 0 radical (unpaired) electrons. The highest BCUT2D eigenvalue weighted by Gasteiger charge is 2.36. The van der Waals surface area contributed by atoms with Gasteiger partial charge in [0.2, 0.25) is 0 Å². The standard InChI is InChI=1S/3C14H19NO4.C13H17NO4.3C11H10N2O2/c3*1-9-6-11-4-5-12(19-10(2)8-18-3)7-13(11)15(17)14(9)16;1-9-7-10-3-4-11(18-6-5-17-2)8-12(10)14(16)13(9)15;3*1-7-4-9-3-2-8(6-12)5-10(9)13(15)11(7)14/h3*4-5,7,9-10,17H,6,8H2,1-3H3;3-4,8-9,16H,5-7H2,1-2H3;3*2-3,5,7,15H,4H2,1H3/t9?,10-;9-,10+;9-,10-;9-;2*7-;/m010110./s1. The first-order valence-corrected chi connectivity index (χ1v) is 39.0. The van der Waals surface area contributed by atoms with Gasteiger partial charge in [0.1, 0.15) is 47.9 Å². The first-order valence-electron chi connectivity index (χ1n) is 39.0. The summed E-state index contributed by atoms with van der Waals surface area (Å²) in [5, 5.41) is 99.1. The molecule has 7 aliphatic rings. The third kappa shape index (κ3) is 23.5. The van der Waals surface area contributed by atoms with Crippen molar-refractivity contribution in [1.29, 1.82) is 15.8 Å². The molecule has 0 saturated carbocycles. The minimum Gasteiger partial charge on any atom is -0.491 e. The summed E-state index contributed by atoms with van der Waals surface area (Å²) in [5.41, 5.74) is 11.1. The van der Waals surface area contributed by atoms with Crippen molar-refractivity contribution >= 4 is 81.2 Å². The normalized spacial score (nSPS) is 19.7. The average Bonchev–Trinajstić information content (AvgIpc) is 0.810. The first kappa shape index (κ1) is 93.6. The molecule has 0 fully saturated rings. The molecule has 0 bridgehead atoms. The highest BCUT2D eigenvalue weighted by molar-refractivity contribution is 6.00. The molecule has 0 saturated heterocycles. The number of ether oxygens (including phenoxy) is 8. The van der Waals surface area contributed by atoms with E-state index >= 15 is 0 Å². The Bertz CT molecular complexity index is 4550. The van der Waals surface area contributed by atoms with Gasteiger partial charge in [-0.1, -0.05) is 90.9 Å². The fraction of sp³-hybridized carbons (Fsp3) is 0.409. The summed E-state index contributed by atoms with van der Waals surface area (Å²) in [6.45, 7) is 20.6. The topological polar surface area (TPSA) is 429 Å². The molecule has 32 heteroatoms. The van der Waals surface area contributed by atoms with Crippen molar-refractivity contribution in [3.05, 3.63) is 183 Å². The summed E-state index contributed by atoms with van der Waals surface area (Å²) in [6.07, 6.45) is 4.11. The Balaban J connectivity index is 0.000000175. The van der Waals surface area contributed by atoms with E-state index in [0.29, 0.717) is 178 Å². The minimum absolute atomic E-state index is 0.0894. The molecule has 7 N–H and O–H groups in total. The zero-order valence-corrected chi connectivity index (χ0v) is 69.6. The molecule has 0 aliphatic carbocycles. The SMILES string of the molecule is CC1Cc2ccc(C#N)cc2N(O)C1=O.COCCOc1ccc2c(c1)N(O)C(=O)[C@H](C)C2.COC[C@H](C)Oc1ccc2c(c1)N(O)C(=O)C(C)C2.COC[C@H](C)Oc1ccc2c(c1)N(O)C(=O)[C@@H](C)C2.COC[C@H](C)Oc1ccc2c(c1)N(O)C(=O)[C@H](C)C2.C[C@@H]1Cc2ccc(C#N)cc2N(O)C1=O.C[C@H]1Cc2ccc(C#N)cc2N(O)C1=O. The number of nitriles is 3. The summed E-state index contributed by atoms with van der Waals surface area (Å²) in [6, 6.07) is 42.6. The van der Waals surface area contributed by atoms with Gasteiger partial charge < -0.3 is 37.9 Å². The van der Waals surface area contributed by atoms with Crippen LogP contribution in [0.5, 0.6) is 23.0 Å². The van der Waals surface area contributed by atoms with Crippen LogP contribution in [0.25, 0.3) is 0 Å². The Morgan fingerprint density at radius 1 is 0.300 bits per heavy atom. The van der Waals surface area contributed by atoms with Gasteiger partial charge in [-0.2, -0.15) is 51.2 Å². The Morgan fingerprint density at radius 2 is 0.492 bits per heavy atom. The maximum absolute atomic E-state index is 11.7. The number of nitrogens with zero attached hydrogens (tertiary/aromatic N) is 10. The third-order valence-corrected chi connectivity index (χ3v) is 20.3. The molecule has 7 heterocycles. The number of anilines is 7. The van der Waals surface area contributed by atoms with Crippen molar-refractivity contribution in [2.24, 2.45) is 41.4 Å². The van der Waals surface area contributed by atoms with E-state index in [1.807, 2.05) is 87.5 Å². The molecule has 638 valence electrons. The summed E-state index contributed by atoms with van der Waals surface area (Å²) in [7, 11) is 6.44. The van der Waals surface area contributed by atoms with E-state index in [1.54, 1.807) is 138 Å². The summed E-state index contributed by atoms with van der Waals surface area (Å²) < 4.78 is 42.3. The van der Waals surface area contributed by atoms with E-state index in [1.165, 1.54) is 18.2 Å². The molecule has 0 aromatic heterocycles. The minimum atomic E-state index is -0.322. The van der Waals surface area contributed by atoms with Gasteiger partial charge in [-0.25, -0.2) is 0 Å². The number of carbonyl (C=O) groups excluding carboxylic acids is 7. The van der Waals surface area contributed by atoms with Crippen LogP contribution in [0.2, 0.25) is 0 Å². The van der Waals surface area contributed by atoms with Gasteiger partial charge in [-0.15, -0.1) is 0 Å². The van der Waals surface area contributed by atoms with Crippen molar-refractivity contribution < 1.29 is 108 Å². The molecule has 14 rings (SSSR count). The molecule has 32 nitrogen and oxygen atoms in total. The molecule has 7 aromatic carbocycles. The van der Waals surface area contributed by atoms with E-state index in [9.17, 15) is 70.0 Å². The molecular weight excluding hydrogens is 1550 g/mol. The van der Waals surface area contributed by atoms with Crippen LogP contribution in [0, 0.1) is 75.4 Å². The smallest absolute Gasteiger partial charge is 0.253 e. The van der Waals surface area contributed by atoms with Crippen molar-refractivity contribution in [1.82, 2.24) is 0 Å². The van der Waals surface area contributed by atoms with Crippen LogP contribution >= 0.6 is 0 Å². The van der Waals surface area contributed by atoms with E-state index in [-0.39, 0.29) is 101 Å². The number of hydroxylamine groups is 7. The molecule has 7 amide bonds. The Kier molecular flexibility index (Phi) is 33.6. The largest absolute Gasteiger partial charge is 0.491 e. The fourth-order valence-electron chi connectivity index (χ4n) is 13.9. The van der Waals surface area contributed by atoms with Crippen molar-refractivity contribution in [2.45, 2.75) is 132 Å². The van der Waals surface area contributed by atoms with Crippen molar-refractivity contribution in [3.63, 3.8) is 0 Å². The van der Waals surface area contributed by atoms with Gasteiger partial charge in [0.25, 0.3) is 41.4 Å². The monoisotopic (exact) mass is 1650 g/mol. The molecular formula is C88H104N10O22. The Morgan fingerprint density at radius 3 is 0.692 bits per heavy atom. The number of fused-ring (bicyclic) bond motifs is 7. The van der Waals surface area contributed by atoms with Crippen LogP contribution in [-0.4, -0.2) is 158 Å². The summed E-state index contributed by atoms with van der Waals surface area (Å²) in [5.74, 6) is -1.05. The maximum atomic E-state index is 11.7. The second kappa shape index (κ2) is 43.2. The number of rotatable bonds is 16. The number of amides is 7. The second-order valence-corrected chi connectivity index (χ2v) is 30.3. The lowest BCUT2D eigenvalue weighted by Gasteiger charge is -2.28. The van der Waals surface area contributed by atoms with Crippen LogP contribution in [0.4, 0.5) is 39.8 Å². The summed E-state index contributed by atoms with van der Waals surface area (Å²) in [4.78, 5) is 81.3. The van der Waals surface area contributed by atoms with Crippen LogP contribution in [-0.2, 0) is 97.5 Å². The Hall–Kier alpha value is -11.9. The van der Waals surface area contributed by atoms with Gasteiger partial charge in [0.15, 0.2) is 0 Å². The zero-order chi connectivity index (χ0) is 88.1. The first-order chi connectivity index (χ1) is 57.1. The quantitative estimate of drug-likeness (QED) is 0.0349. The predicted molar refractivity (Wildman–Crippen MR) is 437 cm³/mol. The van der Waals surface area contributed by atoms with Gasteiger partial charge in [-0.05, 0) is 165 Å². The Labute approximate surface area is 696 Å². The number of hydrogen-bond donors (Lipinski definition) is 7. The molecule has 10 atom stereocenters. The van der Waals surface area contributed by atoms with E-state index < -0.39 is 0 Å². The van der Waals surface area contributed by atoms with Crippen molar-refractivity contribution in [2.75, 3.05) is 96.9 Å². The lowest BCUT2D eigenvalue weighted by Crippen LogP contribution is -2.37. The zero-order valence-electron chi connectivity index (χ0n) is 69.6. The number of benzene rings is 7. The van der Waals surface area contributed by atoms with E-state index in [2.05, 4.69) is 0 Å². The van der Waals surface area contributed by atoms with Crippen LogP contribution in [0.3, 0.4) is 0 Å². The predicted octanol–water partition coefficient (Wildman–Crippen LogP) is 12.1. The maximum Gasteiger partial charge on any atom is 0.253 e. The van der Waals surface area contributed by atoms with E-state index in [4.69, 9.17) is 53.7 Å². The van der Waals surface area contributed by atoms with Gasteiger partial charge in [0.05, 0.1) is 101 Å². The lowest BCUT2D eigenvalue weighted by atomic mass is 9.93. The molecule has 2 unspecified atom stereocenters. The highest BCUT2D eigenvalue weighted by atomic mass is 16.6. The average molecular weight is 1650 g/mol. The number of carbonyl (C=O) groups is 7. The lowest BCUT2D eigenvalue weighted by molar-refractivity contribution is -0.128. The van der Waals surface area contributed by atoms with Crippen molar-refractivity contribution in [3.8, 4) is 41.2 Å². The molecule has 0 spiro atoms. The number of methoxy groups -OCH3 is 4. The van der Waals surface area contributed by atoms with Crippen LogP contribution in [0.15, 0.2) is 127 Å². The van der Waals surface area contributed by atoms with Gasteiger partial charge in [-0.3, -0.25) is 70.0 Å². The van der Waals surface area contributed by atoms with E-state index in [0.717, 1.165) is 54.1 Å². The summed E-state index contributed by atoms with van der Waals surface area (Å²) >= 11 is 0. The van der Waals surface area contributed by atoms with Crippen LogP contribution < -0.4 is 54.4 Å². The van der Waals surface area contributed by atoms with Gasteiger partial charge in [0, 0.05) is 94.1 Å². The second-order valence-electron chi connectivity index (χ2n) is 30.3. The third-order valence-electron chi connectivity index (χ3n) is 20.3. The highest BCUT2D eigenvalue weighted by Crippen LogP contribution is 2.39. The van der Waals surface area contributed by atoms with Crippen LogP contribution in [0.1, 0.15) is 125 Å². The molecule has 120 heavy (non-hydrogen) atoms. The number of hydrogen-bond acceptors (Lipinski definition) is 25. The fourth-order valence-corrected chi connectivity index (χ4v) is 13.9. The molecule has 7 aromatic rings. The molecule has 7 aliphatic heterocycles.